The van der Waals surface area contributed by atoms with Gasteiger partial charge in [-0.05, 0) is 29.7 Å². The molecule has 21 heavy (non-hydrogen) atoms. The third-order valence-corrected chi connectivity index (χ3v) is 4.28. The highest BCUT2D eigenvalue weighted by Gasteiger charge is 2.24. The maximum Gasteiger partial charge on any atom is 0.316 e. The van der Waals surface area contributed by atoms with E-state index in [9.17, 15) is 4.79 Å². The molecular formula is C15H14BrN3O2. The molecule has 0 saturated heterocycles. The van der Waals surface area contributed by atoms with Crippen LogP contribution < -0.4 is 4.74 Å². The zero-order chi connectivity index (χ0) is 14.8. The molecule has 3 rings (SSSR count). The van der Waals surface area contributed by atoms with E-state index in [4.69, 9.17) is 4.74 Å². The van der Waals surface area contributed by atoms with Crippen LogP contribution in [0.3, 0.4) is 0 Å². The van der Waals surface area contributed by atoms with E-state index < -0.39 is 0 Å². The second-order valence-electron chi connectivity index (χ2n) is 4.78. The summed E-state index contributed by atoms with van der Waals surface area (Å²) in [5.74, 6) is -0.0999. The first-order valence-corrected chi connectivity index (χ1v) is 7.41. The van der Waals surface area contributed by atoms with Gasteiger partial charge in [-0.25, -0.2) is 4.98 Å². The van der Waals surface area contributed by atoms with E-state index >= 15 is 0 Å². The summed E-state index contributed by atoms with van der Waals surface area (Å²) in [5, 5.41) is 0. The highest BCUT2D eigenvalue weighted by Crippen LogP contribution is 2.27. The minimum Gasteiger partial charge on any atom is -0.467 e. The SMILES string of the molecule is COc1nccc(C(=O)N2CCc3cccc(Br)c3C2)n1. The Labute approximate surface area is 131 Å². The Balaban J connectivity index is 1.85. The van der Waals surface area contributed by atoms with Crippen LogP contribution in [0.4, 0.5) is 0 Å². The number of ether oxygens (including phenoxy) is 1. The molecule has 5 nitrogen and oxygen atoms in total. The second kappa shape index (κ2) is 5.81. The Morgan fingerprint density at radius 2 is 2.24 bits per heavy atom. The summed E-state index contributed by atoms with van der Waals surface area (Å²) in [5.41, 5.74) is 2.81. The van der Waals surface area contributed by atoms with Crippen molar-refractivity contribution in [3.63, 3.8) is 0 Å². The molecule has 6 heteroatoms. The quantitative estimate of drug-likeness (QED) is 0.837. The molecule has 0 fully saturated rings. The van der Waals surface area contributed by atoms with E-state index in [0.717, 1.165) is 16.5 Å². The number of carbonyl (C=O) groups is 1. The lowest BCUT2D eigenvalue weighted by Gasteiger charge is -2.29. The normalized spacial score (nSPS) is 13.7. The molecule has 0 spiro atoms. The van der Waals surface area contributed by atoms with Gasteiger partial charge in [-0.1, -0.05) is 28.1 Å². The van der Waals surface area contributed by atoms with Gasteiger partial charge in [0.15, 0.2) is 0 Å². The molecule has 0 aliphatic carbocycles. The first kappa shape index (κ1) is 14.0. The fourth-order valence-electron chi connectivity index (χ4n) is 2.43. The third-order valence-electron chi connectivity index (χ3n) is 3.54. The first-order chi connectivity index (χ1) is 10.2. The number of fused-ring (bicyclic) bond motifs is 1. The van der Waals surface area contributed by atoms with Gasteiger partial charge < -0.3 is 9.64 Å². The maximum atomic E-state index is 12.6. The summed E-state index contributed by atoms with van der Waals surface area (Å²) < 4.78 is 6.01. The van der Waals surface area contributed by atoms with Crippen LogP contribution in [0.1, 0.15) is 21.6 Å². The smallest absolute Gasteiger partial charge is 0.316 e. The van der Waals surface area contributed by atoms with Crippen LogP contribution in [0.15, 0.2) is 34.9 Å². The molecule has 2 aromatic rings. The molecule has 0 unspecified atom stereocenters. The minimum atomic E-state index is -0.0999. The van der Waals surface area contributed by atoms with Crippen molar-refractivity contribution in [2.45, 2.75) is 13.0 Å². The number of hydrogen-bond donors (Lipinski definition) is 0. The average molecular weight is 348 g/mol. The number of methoxy groups -OCH3 is 1. The summed E-state index contributed by atoms with van der Waals surface area (Å²) in [4.78, 5) is 22.4. The molecule has 0 saturated carbocycles. The van der Waals surface area contributed by atoms with E-state index in [1.807, 2.05) is 12.1 Å². The van der Waals surface area contributed by atoms with E-state index in [1.165, 1.54) is 18.9 Å². The van der Waals surface area contributed by atoms with Crippen LogP contribution in [-0.4, -0.2) is 34.4 Å². The molecule has 1 aliphatic heterocycles. The summed E-state index contributed by atoms with van der Waals surface area (Å²) >= 11 is 3.55. The number of nitrogens with zero attached hydrogens (tertiary/aromatic N) is 3. The van der Waals surface area contributed by atoms with Crippen molar-refractivity contribution < 1.29 is 9.53 Å². The molecule has 0 bridgehead atoms. The minimum absolute atomic E-state index is 0.0999. The molecule has 1 aliphatic rings. The number of amides is 1. The third kappa shape index (κ3) is 2.76. The largest absolute Gasteiger partial charge is 0.467 e. The van der Waals surface area contributed by atoms with E-state index in [0.29, 0.717) is 18.8 Å². The molecule has 1 aromatic carbocycles. The van der Waals surface area contributed by atoms with Crippen molar-refractivity contribution in [2.24, 2.45) is 0 Å². The second-order valence-corrected chi connectivity index (χ2v) is 5.64. The fourth-order valence-corrected chi connectivity index (χ4v) is 2.97. The van der Waals surface area contributed by atoms with Crippen LogP contribution in [-0.2, 0) is 13.0 Å². The van der Waals surface area contributed by atoms with Gasteiger partial charge in [-0.3, -0.25) is 4.79 Å². The number of carbonyl (C=O) groups excluding carboxylic acids is 1. The average Bonchev–Trinajstić information content (AvgIpc) is 2.54. The fraction of sp³-hybridized carbons (Fsp3) is 0.267. The highest BCUT2D eigenvalue weighted by atomic mass is 79.9. The Bertz CT molecular complexity index is 690. The first-order valence-electron chi connectivity index (χ1n) is 6.61. The van der Waals surface area contributed by atoms with Gasteiger partial charge in [0.1, 0.15) is 5.69 Å². The summed E-state index contributed by atoms with van der Waals surface area (Å²) in [6.45, 7) is 1.27. The van der Waals surface area contributed by atoms with Crippen LogP contribution in [0, 0.1) is 0 Å². The number of aromatic nitrogens is 2. The van der Waals surface area contributed by atoms with Crippen molar-refractivity contribution in [3.8, 4) is 6.01 Å². The van der Waals surface area contributed by atoms with Gasteiger partial charge in [0.05, 0.1) is 7.11 Å². The molecule has 0 N–H and O–H groups in total. The van der Waals surface area contributed by atoms with Gasteiger partial charge in [0, 0.05) is 23.8 Å². The predicted octanol–water partition coefficient (Wildman–Crippen LogP) is 2.45. The van der Waals surface area contributed by atoms with Crippen molar-refractivity contribution in [1.29, 1.82) is 0 Å². The van der Waals surface area contributed by atoms with Gasteiger partial charge in [-0.2, -0.15) is 4.98 Å². The lowest BCUT2D eigenvalue weighted by molar-refractivity contribution is 0.0727. The Morgan fingerprint density at radius 3 is 3.05 bits per heavy atom. The summed E-state index contributed by atoms with van der Waals surface area (Å²) in [6.07, 6.45) is 2.38. The summed E-state index contributed by atoms with van der Waals surface area (Å²) in [7, 11) is 1.48. The lowest BCUT2D eigenvalue weighted by atomic mass is 10.00. The van der Waals surface area contributed by atoms with Gasteiger partial charge in [-0.15, -0.1) is 0 Å². The Kier molecular flexibility index (Phi) is 3.88. The molecule has 108 valence electrons. The van der Waals surface area contributed by atoms with Gasteiger partial charge >= 0.3 is 6.01 Å². The van der Waals surface area contributed by atoms with Crippen molar-refractivity contribution in [1.82, 2.24) is 14.9 Å². The standard InChI is InChI=1S/C15H14BrN3O2/c1-21-15-17-7-5-13(18-15)14(20)19-8-6-10-3-2-4-12(16)11(10)9-19/h2-5,7H,6,8-9H2,1H3. The van der Waals surface area contributed by atoms with Crippen molar-refractivity contribution in [2.75, 3.05) is 13.7 Å². The van der Waals surface area contributed by atoms with Crippen LogP contribution >= 0.6 is 15.9 Å². The van der Waals surface area contributed by atoms with Gasteiger partial charge in [0.25, 0.3) is 5.91 Å². The van der Waals surface area contributed by atoms with Crippen LogP contribution in [0.5, 0.6) is 6.01 Å². The van der Waals surface area contributed by atoms with E-state index in [-0.39, 0.29) is 11.9 Å². The van der Waals surface area contributed by atoms with E-state index in [1.54, 1.807) is 11.0 Å². The molecular weight excluding hydrogens is 334 g/mol. The van der Waals surface area contributed by atoms with Crippen molar-refractivity contribution >= 4 is 21.8 Å². The number of halogens is 1. The Hall–Kier alpha value is -1.95. The molecule has 1 amide bonds. The zero-order valence-electron chi connectivity index (χ0n) is 11.5. The molecule has 1 aromatic heterocycles. The lowest BCUT2D eigenvalue weighted by Crippen LogP contribution is -2.36. The van der Waals surface area contributed by atoms with Gasteiger partial charge in [0.2, 0.25) is 0 Å². The molecule has 2 heterocycles. The highest BCUT2D eigenvalue weighted by molar-refractivity contribution is 9.10. The monoisotopic (exact) mass is 347 g/mol. The van der Waals surface area contributed by atoms with Crippen molar-refractivity contribution in [3.05, 3.63) is 51.8 Å². The predicted molar refractivity (Wildman–Crippen MR) is 81.2 cm³/mol. The maximum absolute atomic E-state index is 12.6. The zero-order valence-corrected chi connectivity index (χ0v) is 13.1. The topological polar surface area (TPSA) is 55.3 Å². The summed E-state index contributed by atoms with van der Waals surface area (Å²) in [6, 6.07) is 7.95. The van der Waals surface area contributed by atoms with Crippen LogP contribution in [0.25, 0.3) is 0 Å². The van der Waals surface area contributed by atoms with E-state index in [2.05, 4.69) is 32.0 Å². The number of hydrogen-bond acceptors (Lipinski definition) is 4. The Morgan fingerprint density at radius 1 is 1.38 bits per heavy atom. The molecule has 0 radical (unpaired) electrons. The molecule has 0 atom stereocenters. The van der Waals surface area contributed by atoms with Crippen LogP contribution in [0.2, 0.25) is 0 Å². The number of benzene rings is 1. The number of rotatable bonds is 2.